The summed E-state index contributed by atoms with van der Waals surface area (Å²) in [6.45, 7) is 5.64. The van der Waals surface area contributed by atoms with Crippen molar-refractivity contribution in [1.29, 1.82) is 0 Å². The van der Waals surface area contributed by atoms with E-state index in [0.717, 1.165) is 46.1 Å². The number of halogens is 1. The minimum atomic E-state index is -0.289. The molecular weight excluding hydrogens is 520 g/mol. The Kier molecular flexibility index (Phi) is 7.90. The Labute approximate surface area is 231 Å². The number of esters is 1. The van der Waals surface area contributed by atoms with Crippen LogP contribution < -0.4 is 0 Å². The minimum absolute atomic E-state index is 0.0767. The van der Waals surface area contributed by atoms with E-state index >= 15 is 0 Å². The SMILES string of the molecule is CCOC(=O)C1CCCN(C(=O)c2cc(-c3csc(-c4ccncc4)n3)n(Cc3cccc(Cl)c3)c2C)C1. The fourth-order valence-electron chi connectivity index (χ4n) is 4.90. The van der Waals surface area contributed by atoms with Gasteiger partial charge in [0.2, 0.25) is 0 Å². The van der Waals surface area contributed by atoms with E-state index in [1.54, 1.807) is 35.6 Å². The van der Waals surface area contributed by atoms with Gasteiger partial charge in [0.05, 0.1) is 29.5 Å². The number of nitrogens with zero attached hydrogens (tertiary/aromatic N) is 4. The first kappa shape index (κ1) is 26.1. The Hall–Kier alpha value is -3.49. The van der Waals surface area contributed by atoms with Crippen LogP contribution in [0.25, 0.3) is 22.0 Å². The fraction of sp³-hybridized carbons (Fsp3) is 0.310. The molecule has 7 nitrogen and oxygen atoms in total. The Balaban J connectivity index is 1.51. The van der Waals surface area contributed by atoms with Gasteiger partial charge in [0, 0.05) is 53.7 Å². The van der Waals surface area contributed by atoms with E-state index in [1.165, 1.54) is 0 Å². The number of thiazole rings is 1. The van der Waals surface area contributed by atoms with Crippen molar-refractivity contribution in [3.63, 3.8) is 0 Å². The smallest absolute Gasteiger partial charge is 0.310 e. The number of rotatable bonds is 7. The number of ether oxygens (including phenoxy) is 1. The van der Waals surface area contributed by atoms with Crippen molar-refractivity contribution in [2.24, 2.45) is 5.92 Å². The van der Waals surface area contributed by atoms with Gasteiger partial charge >= 0.3 is 5.97 Å². The molecule has 1 amide bonds. The maximum Gasteiger partial charge on any atom is 0.310 e. The molecule has 1 aromatic carbocycles. The van der Waals surface area contributed by atoms with Gasteiger partial charge in [0.15, 0.2) is 0 Å². The molecule has 1 fully saturated rings. The van der Waals surface area contributed by atoms with E-state index in [2.05, 4.69) is 9.55 Å². The highest BCUT2D eigenvalue weighted by atomic mass is 35.5. The molecule has 1 aliphatic rings. The first-order valence-electron chi connectivity index (χ1n) is 12.7. The number of hydrogen-bond donors (Lipinski definition) is 0. The average molecular weight is 549 g/mol. The van der Waals surface area contributed by atoms with Gasteiger partial charge in [-0.15, -0.1) is 11.3 Å². The molecule has 9 heteroatoms. The zero-order chi connectivity index (χ0) is 26.6. The molecule has 0 aliphatic carbocycles. The molecule has 196 valence electrons. The molecule has 1 atom stereocenters. The molecule has 5 rings (SSSR count). The highest BCUT2D eigenvalue weighted by molar-refractivity contribution is 7.13. The average Bonchev–Trinajstić information content (AvgIpc) is 3.54. The molecule has 4 heterocycles. The van der Waals surface area contributed by atoms with Crippen molar-refractivity contribution in [3.05, 3.63) is 82.1 Å². The van der Waals surface area contributed by atoms with E-state index in [0.29, 0.717) is 36.8 Å². The summed E-state index contributed by atoms with van der Waals surface area (Å²) in [4.78, 5) is 37.0. The molecule has 0 N–H and O–H groups in total. The molecule has 0 bridgehead atoms. The summed E-state index contributed by atoms with van der Waals surface area (Å²) in [5.74, 6) is -0.596. The van der Waals surface area contributed by atoms with Crippen molar-refractivity contribution >= 4 is 34.8 Å². The number of pyridine rings is 1. The third kappa shape index (κ3) is 5.51. The topological polar surface area (TPSA) is 77.3 Å². The monoisotopic (exact) mass is 548 g/mol. The summed E-state index contributed by atoms with van der Waals surface area (Å²) in [6, 6.07) is 13.5. The maximum absolute atomic E-state index is 13.8. The van der Waals surface area contributed by atoms with Crippen LogP contribution in [0.1, 0.15) is 41.4 Å². The van der Waals surface area contributed by atoms with Crippen LogP contribution in [-0.4, -0.2) is 51.0 Å². The van der Waals surface area contributed by atoms with Gasteiger partial charge in [-0.1, -0.05) is 23.7 Å². The molecule has 1 unspecified atom stereocenters. The van der Waals surface area contributed by atoms with Crippen LogP contribution in [0.15, 0.2) is 60.2 Å². The van der Waals surface area contributed by atoms with Crippen molar-refractivity contribution < 1.29 is 14.3 Å². The largest absolute Gasteiger partial charge is 0.466 e. The van der Waals surface area contributed by atoms with E-state index in [9.17, 15) is 9.59 Å². The van der Waals surface area contributed by atoms with E-state index in [1.807, 2.05) is 54.8 Å². The predicted molar refractivity (Wildman–Crippen MR) is 149 cm³/mol. The lowest BCUT2D eigenvalue weighted by atomic mass is 9.97. The number of carbonyl (C=O) groups is 2. The lowest BCUT2D eigenvalue weighted by Gasteiger charge is -2.31. The molecule has 0 spiro atoms. The van der Waals surface area contributed by atoms with Gasteiger partial charge < -0.3 is 14.2 Å². The summed E-state index contributed by atoms with van der Waals surface area (Å²) in [5, 5.41) is 3.57. The second-order valence-electron chi connectivity index (χ2n) is 9.36. The first-order valence-corrected chi connectivity index (χ1v) is 14.0. The standard InChI is InChI=1S/C29H29ClN4O3S/c1-3-37-29(36)22-7-5-13-33(17-22)28(35)24-15-26(25-18-38-27(32-25)21-9-11-31-12-10-21)34(19(24)2)16-20-6-4-8-23(30)14-20/h4,6,8-12,14-15,18,22H,3,5,7,13,16-17H2,1-2H3. The quantitative estimate of drug-likeness (QED) is 0.261. The van der Waals surface area contributed by atoms with Crippen LogP contribution >= 0.6 is 22.9 Å². The van der Waals surface area contributed by atoms with Crippen LogP contribution in [0.3, 0.4) is 0 Å². The van der Waals surface area contributed by atoms with E-state index < -0.39 is 0 Å². The van der Waals surface area contributed by atoms with Gasteiger partial charge in [0.25, 0.3) is 5.91 Å². The zero-order valence-electron chi connectivity index (χ0n) is 21.4. The molecular formula is C29H29ClN4O3S. The van der Waals surface area contributed by atoms with Crippen molar-refractivity contribution in [2.75, 3.05) is 19.7 Å². The molecule has 4 aromatic rings. The van der Waals surface area contributed by atoms with Crippen LogP contribution in [0.2, 0.25) is 5.02 Å². The summed E-state index contributed by atoms with van der Waals surface area (Å²) in [6.07, 6.45) is 5.01. The minimum Gasteiger partial charge on any atom is -0.466 e. The number of aromatic nitrogens is 3. The Bertz CT molecular complexity index is 1450. The van der Waals surface area contributed by atoms with E-state index in [4.69, 9.17) is 21.3 Å². The van der Waals surface area contributed by atoms with Crippen LogP contribution in [-0.2, 0) is 16.1 Å². The Morgan fingerprint density at radius 3 is 2.76 bits per heavy atom. The molecule has 0 radical (unpaired) electrons. The lowest BCUT2D eigenvalue weighted by Crippen LogP contribution is -2.43. The van der Waals surface area contributed by atoms with Gasteiger partial charge in [-0.3, -0.25) is 14.6 Å². The van der Waals surface area contributed by atoms with Gasteiger partial charge in [-0.2, -0.15) is 0 Å². The number of likely N-dealkylation sites (tertiary alicyclic amines) is 1. The van der Waals surface area contributed by atoms with Crippen LogP contribution in [0, 0.1) is 12.8 Å². The van der Waals surface area contributed by atoms with Crippen molar-refractivity contribution in [3.8, 4) is 22.0 Å². The number of benzene rings is 1. The molecule has 1 aliphatic heterocycles. The maximum atomic E-state index is 13.8. The van der Waals surface area contributed by atoms with Crippen LogP contribution in [0.5, 0.6) is 0 Å². The Morgan fingerprint density at radius 1 is 1.18 bits per heavy atom. The summed E-state index contributed by atoms with van der Waals surface area (Å²) >= 11 is 7.83. The van der Waals surface area contributed by atoms with Crippen molar-refractivity contribution in [2.45, 2.75) is 33.2 Å². The van der Waals surface area contributed by atoms with Gasteiger partial charge in [-0.05, 0) is 62.6 Å². The number of amides is 1. The third-order valence-corrected chi connectivity index (χ3v) is 7.98. The van der Waals surface area contributed by atoms with Gasteiger partial charge in [0.1, 0.15) is 5.01 Å². The van der Waals surface area contributed by atoms with Gasteiger partial charge in [-0.25, -0.2) is 4.98 Å². The second kappa shape index (κ2) is 11.5. The normalized spacial score (nSPS) is 15.4. The molecule has 1 saturated heterocycles. The van der Waals surface area contributed by atoms with Crippen molar-refractivity contribution in [1.82, 2.24) is 19.4 Å². The highest BCUT2D eigenvalue weighted by Gasteiger charge is 2.31. The van der Waals surface area contributed by atoms with E-state index in [-0.39, 0.29) is 17.8 Å². The molecule has 3 aromatic heterocycles. The zero-order valence-corrected chi connectivity index (χ0v) is 23.0. The lowest BCUT2D eigenvalue weighted by molar-refractivity contribution is -0.149. The summed E-state index contributed by atoms with van der Waals surface area (Å²) in [7, 11) is 0. The number of piperidine rings is 1. The summed E-state index contributed by atoms with van der Waals surface area (Å²) < 4.78 is 7.35. The molecule has 38 heavy (non-hydrogen) atoms. The molecule has 0 saturated carbocycles. The number of carbonyl (C=O) groups excluding carboxylic acids is 2. The first-order chi connectivity index (χ1) is 18.4. The Morgan fingerprint density at radius 2 is 2.00 bits per heavy atom. The third-order valence-electron chi connectivity index (χ3n) is 6.85. The number of hydrogen-bond acceptors (Lipinski definition) is 6. The fourth-order valence-corrected chi connectivity index (χ4v) is 5.93. The highest BCUT2D eigenvalue weighted by Crippen LogP contribution is 2.33. The predicted octanol–water partition coefficient (Wildman–Crippen LogP) is 6.10. The summed E-state index contributed by atoms with van der Waals surface area (Å²) in [5.41, 5.74) is 5.15. The second-order valence-corrected chi connectivity index (χ2v) is 10.7. The van der Waals surface area contributed by atoms with Crippen LogP contribution in [0.4, 0.5) is 0 Å².